The van der Waals surface area contributed by atoms with Gasteiger partial charge in [-0.3, -0.25) is 0 Å². The second-order valence-corrected chi connectivity index (χ2v) is 19.9. The van der Waals surface area contributed by atoms with Crippen LogP contribution in [0.3, 0.4) is 0 Å². The van der Waals surface area contributed by atoms with Crippen molar-refractivity contribution in [2.24, 2.45) is 11.8 Å². The van der Waals surface area contributed by atoms with Crippen molar-refractivity contribution in [3.05, 3.63) is 24.3 Å². The van der Waals surface area contributed by atoms with E-state index >= 15 is 0 Å². The van der Waals surface area contributed by atoms with Gasteiger partial charge in [0.05, 0.1) is 0 Å². The van der Waals surface area contributed by atoms with Gasteiger partial charge in [0.2, 0.25) is 0 Å². The van der Waals surface area contributed by atoms with Crippen molar-refractivity contribution in [1.82, 2.24) is 0 Å². The molecular weight excluding hydrogens is 631 g/mol. The zero-order chi connectivity index (χ0) is 30.9. The van der Waals surface area contributed by atoms with Gasteiger partial charge < -0.3 is 0 Å². The summed E-state index contributed by atoms with van der Waals surface area (Å²) < 4.78 is 23.4. The Labute approximate surface area is 253 Å². The van der Waals surface area contributed by atoms with E-state index in [1.54, 1.807) is 0 Å². The van der Waals surface area contributed by atoms with Crippen molar-refractivity contribution in [3.8, 4) is 0 Å². The zero-order valence-electron chi connectivity index (χ0n) is 26.5. The molecule has 2 unspecified atom stereocenters. The molecule has 0 aliphatic heterocycles. The number of hydrogen-bond acceptors (Lipinski definition) is 8. The normalized spacial score (nSPS) is 13.2. The molecule has 41 heavy (non-hydrogen) atoms. The van der Waals surface area contributed by atoms with E-state index in [-0.39, 0.29) is 0 Å². The van der Waals surface area contributed by atoms with E-state index in [1.165, 1.54) is 0 Å². The van der Waals surface area contributed by atoms with Crippen LogP contribution in [-0.4, -0.2) is 56.3 Å². The van der Waals surface area contributed by atoms with Gasteiger partial charge in [0.15, 0.2) is 0 Å². The molecule has 0 fully saturated rings. The molecule has 236 valence electrons. The fraction of sp³-hybridized carbons (Fsp3) is 0.750. The van der Waals surface area contributed by atoms with Crippen LogP contribution in [0.4, 0.5) is 0 Å². The Balaban J connectivity index is 5.30. The Morgan fingerprint density at radius 1 is 0.537 bits per heavy atom. The summed E-state index contributed by atoms with van der Waals surface area (Å²) in [5.74, 6) is -2.03. The van der Waals surface area contributed by atoms with Crippen molar-refractivity contribution in [2.75, 3.05) is 13.2 Å². The molecule has 0 aliphatic carbocycles. The quantitative estimate of drug-likeness (QED) is 0.0577. The molecule has 0 aliphatic rings. The molecule has 0 aromatic rings. The van der Waals surface area contributed by atoms with Gasteiger partial charge in [0, 0.05) is 0 Å². The maximum atomic E-state index is 12.8. The monoisotopic (exact) mass is 688 g/mol. The molecular formula is C32H56O8Sn. The van der Waals surface area contributed by atoms with Crippen LogP contribution in [0.1, 0.15) is 119 Å². The van der Waals surface area contributed by atoms with E-state index in [4.69, 9.17) is 15.6 Å². The van der Waals surface area contributed by atoms with Crippen molar-refractivity contribution in [1.29, 1.82) is 0 Å². The molecule has 0 heterocycles. The molecule has 0 radical (unpaired) electrons. The summed E-state index contributed by atoms with van der Waals surface area (Å²) in [5, 5.41) is 0. The van der Waals surface area contributed by atoms with Crippen molar-refractivity contribution < 1.29 is 34.8 Å². The van der Waals surface area contributed by atoms with Gasteiger partial charge in [-0.2, -0.15) is 0 Å². The van der Waals surface area contributed by atoms with E-state index in [0.717, 1.165) is 101 Å². The van der Waals surface area contributed by atoms with E-state index < -0.39 is 43.1 Å². The average molecular weight is 688 g/mol. The van der Waals surface area contributed by atoms with Crippen LogP contribution in [-0.2, 0) is 34.8 Å². The van der Waals surface area contributed by atoms with Gasteiger partial charge in [0.25, 0.3) is 0 Å². The first kappa shape index (κ1) is 39.2. The first-order chi connectivity index (χ1) is 19.7. The number of carbonyl (C=O) groups is 4. The van der Waals surface area contributed by atoms with E-state index in [0.29, 0.717) is 33.9 Å². The topological polar surface area (TPSA) is 105 Å². The maximum absolute atomic E-state index is 12.8. The fourth-order valence-corrected chi connectivity index (χ4v) is 13.8. The van der Waals surface area contributed by atoms with Crippen LogP contribution < -0.4 is 0 Å². The van der Waals surface area contributed by atoms with Crippen molar-refractivity contribution in [2.45, 2.75) is 127 Å². The van der Waals surface area contributed by atoms with Crippen LogP contribution in [0.15, 0.2) is 24.3 Å². The Morgan fingerprint density at radius 3 is 1.20 bits per heavy atom. The first-order valence-corrected chi connectivity index (χ1v) is 22.2. The van der Waals surface area contributed by atoms with E-state index in [2.05, 4.69) is 27.7 Å². The Kier molecular flexibility index (Phi) is 23.6. The molecule has 0 saturated heterocycles. The number of esters is 2. The van der Waals surface area contributed by atoms with Crippen LogP contribution in [0, 0.1) is 11.8 Å². The van der Waals surface area contributed by atoms with Gasteiger partial charge in [-0.25, -0.2) is 0 Å². The van der Waals surface area contributed by atoms with Gasteiger partial charge in [-0.1, -0.05) is 0 Å². The molecule has 0 amide bonds. The van der Waals surface area contributed by atoms with Crippen LogP contribution in [0.2, 0.25) is 8.87 Å². The molecule has 2 atom stereocenters. The number of hydrogen-bond donors (Lipinski definition) is 0. The van der Waals surface area contributed by atoms with Gasteiger partial charge >= 0.3 is 255 Å². The summed E-state index contributed by atoms with van der Waals surface area (Å²) in [5.41, 5.74) is 0. The third-order valence-electron chi connectivity index (χ3n) is 7.12. The molecule has 0 aromatic carbocycles. The third-order valence-corrected chi connectivity index (χ3v) is 16.8. The SMILES string of the molecule is CCCCC(CC)COC(=O)C=CC(=O)[O][Sn]([CH2]CCC)([CH2]CCC)[O]C(=O)C=CC(=O)OCC(CC)CCCC. The molecule has 0 saturated carbocycles. The Morgan fingerprint density at radius 2 is 0.878 bits per heavy atom. The molecule has 0 aromatic heterocycles. The van der Waals surface area contributed by atoms with Gasteiger partial charge in [0.1, 0.15) is 0 Å². The minimum atomic E-state index is -4.26. The Bertz CT molecular complexity index is 742. The molecule has 8 nitrogen and oxygen atoms in total. The van der Waals surface area contributed by atoms with Crippen LogP contribution in [0.25, 0.3) is 0 Å². The zero-order valence-corrected chi connectivity index (χ0v) is 29.4. The second kappa shape index (κ2) is 24.7. The van der Waals surface area contributed by atoms with Crippen molar-refractivity contribution >= 4 is 43.1 Å². The van der Waals surface area contributed by atoms with Gasteiger partial charge in [-0.15, -0.1) is 0 Å². The summed E-state index contributed by atoms with van der Waals surface area (Å²) in [7, 11) is 0. The molecule has 0 N–H and O–H groups in total. The van der Waals surface area contributed by atoms with Crippen LogP contribution in [0.5, 0.6) is 0 Å². The summed E-state index contributed by atoms with van der Waals surface area (Å²) in [4.78, 5) is 50.0. The average Bonchev–Trinajstić information content (AvgIpc) is 2.97. The minimum absolute atomic E-state index is 0.296. The molecule has 0 bridgehead atoms. The van der Waals surface area contributed by atoms with E-state index in [1.807, 2.05) is 13.8 Å². The number of rotatable bonds is 24. The molecule has 0 rings (SSSR count). The predicted octanol–water partition coefficient (Wildman–Crippen LogP) is 7.75. The first-order valence-electron chi connectivity index (χ1n) is 15.8. The third kappa shape index (κ3) is 19.8. The predicted molar refractivity (Wildman–Crippen MR) is 164 cm³/mol. The van der Waals surface area contributed by atoms with Crippen LogP contribution >= 0.6 is 0 Å². The molecule has 0 spiro atoms. The fourth-order valence-electron chi connectivity index (χ4n) is 4.24. The molecule has 9 heteroatoms. The number of unbranched alkanes of at least 4 members (excludes halogenated alkanes) is 4. The summed E-state index contributed by atoms with van der Waals surface area (Å²) in [6, 6.07) is 0. The standard InChI is InChI=1S/2C12H20O4.2C4H9.Sn/c2*1-3-5-6-10(4-2)9-16-12(15)8-7-11(13)14;2*1-3-4-2;/h2*7-8,10H,3-6,9H2,1-2H3,(H,13,14);2*1,3-4H2,2H3;/q;;;;+2/p-2. The van der Waals surface area contributed by atoms with E-state index in [9.17, 15) is 19.2 Å². The Hall–Kier alpha value is -1.84. The summed E-state index contributed by atoms with van der Waals surface area (Å²) in [6.45, 7) is 13.0. The van der Waals surface area contributed by atoms with Crippen molar-refractivity contribution in [3.63, 3.8) is 0 Å². The number of carbonyl (C=O) groups excluding carboxylic acids is 4. The van der Waals surface area contributed by atoms with Gasteiger partial charge in [-0.05, 0) is 0 Å². The number of ether oxygens (including phenoxy) is 2. The second-order valence-electron chi connectivity index (χ2n) is 10.7. The summed E-state index contributed by atoms with van der Waals surface area (Å²) in [6.07, 6.45) is 15.6. The summed E-state index contributed by atoms with van der Waals surface area (Å²) >= 11 is -4.26.